The first kappa shape index (κ1) is 14.4. The summed E-state index contributed by atoms with van der Waals surface area (Å²) < 4.78 is 10.1. The van der Waals surface area contributed by atoms with Crippen molar-refractivity contribution in [2.45, 2.75) is 26.3 Å². The first-order chi connectivity index (χ1) is 8.77. The number of carbonyl (C=O) groups excluding carboxylic acids is 1. The average Bonchev–Trinajstić information content (AvgIpc) is 2.39. The van der Waals surface area contributed by atoms with Gasteiger partial charge in [0.15, 0.2) is 0 Å². The monoisotopic (exact) mass is 252 g/mol. The molecule has 0 unspecified atom stereocenters. The van der Waals surface area contributed by atoms with Crippen molar-refractivity contribution in [2.24, 2.45) is 0 Å². The van der Waals surface area contributed by atoms with Crippen molar-refractivity contribution in [1.82, 2.24) is 10.3 Å². The third-order valence-corrected chi connectivity index (χ3v) is 2.39. The Bertz CT molecular complexity index is 369. The molecule has 0 saturated heterocycles. The molecule has 1 heterocycles. The molecule has 1 aromatic heterocycles. The first-order valence-corrected chi connectivity index (χ1v) is 6.12. The SMILES string of the molecule is CCCCOC(=O)CNCc1cccnc1OC. The van der Waals surface area contributed by atoms with Gasteiger partial charge in [-0.15, -0.1) is 0 Å². The van der Waals surface area contributed by atoms with Gasteiger partial charge in [0.25, 0.3) is 0 Å². The van der Waals surface area contributed by atoms with E-state index in [1.165, 1.54) is 0 Å². The number of ether oxygens (including phenoxy) is 2. The lowest BCUT2D eigenvalue weighted by Crippen LogP contribution is -2.24. The summed E-state index contributed by atoms with van der Waals surface area (Å²) in [5.41, 5.74) is 0.918. The standard InChI is InChI=1S/C13H20N2O3/c1-3-4-8-18-12(16)10-14-9-11-6-5-7-15-13(11)17-2/h5-7,14H,3-4,8-10H2,1-2H3. The van der Waals surface area contributed by atoms with Crippen LogP contribution in [0.2, 0.25) is 0 Å². The van der Waals surface area contributed by atoms with Gasteiger partial charge in [0.05, 0.1) is 20.3 Å². The maximum atomic E-state index is 11.3. The molecule has 18 heavy (non-hydrogen) atoms. The molecule has 0 aliphatic heterocycles. The molecule has 0 spiro atoms. The number of esters is 1. The van der Waals surface area contributed by atoms with E-state index in [4.69, 9.17) is 9.47 Å². The molecule has 0 aliphatic carbocycles. The van der Waals surface area contributed by atoms with E-state index in [2.05, 4.69) is 17.2 Å². The van der Waals surface area contributed by atoms with Crippen LogP contribution in [-0.2, 0) is 16.1 Å². The van der Waals surface area contributed by atoms with E-state index in [1.807, 2.05) is 12.1 Å². The number of rotatable bonds is 8. The number of pyridine rings is 1. The van der Waals surface area contributed by atoms with Crippen LogP contribution in [0.15, 0.2) is 18.3 Å². The van der Waals surface area contributed by atoms with Gasteiger partial charge in [0, 0.05) is 18.3 Å². The van der Waals surface area contributed by atoms with Gasteiger partial charge in [-0.3, -0.25) is 4.79 Å². The summed E-state index contributed by atoms with van der Waals surface area (Å²) in [5.74, 6) is 0.343. The van der Waals surface area contributed by atoms with E-state index >= 15 is 0 Å². The molecule has 1 aromatic rings. The number of unbranched alkanes of at least 4 members (excludes halogenated alkanes) is 1. The largest absolute Gasteiger partial charge is 0.481 e. The summed E-state index contributed by atoms with van der Waals surface area (Å²) in [6.45, 7) is 3.27. The highest BCUT2D eigenvalue weighted by Crippen LogP contribution is 2.12. The Morgan fingerprint density at radius 3 is 3.06 bits per heavy atom. The summed E-state index contributed by atoms with van der Waals surface area (Å²) in [5, 5.41) is 3.01. The molecule has 0 amide bonds. The van der Waals surface area contributed by atoms with E-state index in [0.29, 0.717) is 19.0 Å². The molecule has 0 saturated carbocycles. The highest BCUT2D eigenvalue weighted by atomic mass is 16.5. The van der Waals surface area contributed by atoms with Crippen LogP contribution in [0.3, 0.4) is 0 Å². The zero-order valence-electron chi connectivity index (χ0n) is 10.9. The number of nitrogens with zero attached hydrogens (tertiary/aromatic N) is 1. The molecule has 0 radical (unpaired) electrons. The smallest absolute Gasteiger partial charge is 0.319 e. The summed E-state index contributed by atoms with van der Waals surface area (Å²) in [6.07, 6.45) is 3.59. The lowest BCUT2D eigenvalue weighted by atomic mass is 10.2. The Balaban J connectivity index is 2.26. The Hall–Kier alpha value is -1.62. The van der Waals surface area contributed by atoms with Gasteiger partial charge in [-0.25, -0.2) is 4.98 Å². The van der Waals surface area contributed by atoms with E-state index in [0.717, 1.165) is 18.4 Å². The van der Waals surface area contributed by atoms with Crippen LogP contribution in [0.25, 0.3) is 0 Å². The maximum absolute atomic E-state index is 11.3. The fraction of sp³-hybridized carbons (Fsp3) is 0.538. The summed E-state index contributed by atoms with van der Waals surface area (Å²) in [7, 11) is 1.57. The second-order valence-electron chi connectivity index (χ2n) is 3.85. The molecule has 5 heteroatoms. The average molecular weight is 252 g/mol. The Morgan fingerprint density at radius 2 is 2.33 bits per heavy atom. The molecule has 1 rings (SSSR count). The summed E-state index contributed by atoms with van der Waals surface area (Å²) >= 11 is 0. The number of aromatic nitrogens is 1. The second kappa shape index (κ2) is 8.47. The molecule has 0 aliphatic rings. The molecule has 0 aromatic carbocycles. The van der Waals surface area contributed by atoms with Crippen molar-refractivity contribution in [3.8, 4) is 5.88 Å². The number of hydrogen-bond donors (Lipinski definition) is 1. The van der Waals surface area contributed by atoms with Crippen molar-refractivity contribution in [1.29, 1.82) is 0 Å². The fourth-order valence-electron chi connectivity index (χ4n) is 1.42. The van der Waals surface area contributed by atoms with E-state index in [1.54, 1.807) is 13.3 Å². The van der Waals surface area contributed by atoms with Crippen molar-refractivity contribution < 1.29 is 14.3 Å². The van der Waals surface area contributed by atoms with Crippen molar-refractivity contribution in [3.63, 3.8) is 0 Å². The van der Waals surface area contributed by atoms with Gasteiger partial charge in [-0.05, 0) is 12.5 Å². The molecule has 0 bridgehead atoms. The molecule has 0 fully saturated rings. The highest BCUT2D eigenvalue weighted by Gasteiger charge is 2.05. The Morgan fingerprint density at radius 1 is 1.50 bits per heavy atom. The predicted molar refractivity (Wildman–Crippen MR) is 68.4 cm³/mol. The fourth-order valence-corrected chi connectivity index (χ4v) is 1.42. The van der Waals surface area contributed by atoms with Crippen LogP contribution in [0.1, 0.15) is 25.3 Å². The van der Waals surface area contributed by atoms with Crippen LogP contribution in [-0.4, -0.2) is 31.2 Å². The van der Waals surface area contributed by atoms with Crippen LogP contribution < -0.4 is 10.1 Å². The summed E-state index contributed by atoms with van der Waals surface area (Å²) in [6, 6.07) is 3.74. The van der Waals surface area contributed by atoms with Gasteiger partial charge in [-0.1, -0.05) is 19.4 Å². The molecular weight excluding hydrogens is 232 g/mol. The van der Waals surface area contributed by atoms with E-state index in [9.17, 15) is 4.79 Å². The number of hydrogen-bond acceptors (Lipinski definition) is 5. The molecule has 100 valence electrons. The third kappa shape index (κ3) is 5.14. The molecular formula is C13H20N2O3. The zero-order chi connectivity index (χ0) is 13.2. The van der Waals surface area contributed by atoms with Crippen LogP contribution in [0, 0.1) is 0 Å². The topological polar surface area (TPSA) is 60.5 Å². The third-order valence-electron chi connectivity index (χ3n) is 2.39. The molecule has 0 atom stereocenters. The highest BCUT2D eigenvalue weighted by molar-refractivity contribution is 5.71. The van der Waals surface area contributed by atoms with Gasteiger partial charge in [-0.2, -0.15) is 0 Å². The summed E-state index contributed by atoms with van der Waals surface area (Å²) in [4.78, 5) is 15.4. The maximum Gasteiger partial charge on any atom is 0.319 e. The van der Waals surface area contributed by atoms with Crippen molar-refractivity contribution in [2.75, 3.05) is 20.3 Å². The van der Waals surface area contributed by atoms with Gasteiger partial charge in [0.1, 0.15) is 0 Å². The van der Waals surface area contributed by atoms with Crippen molar-refractivity contribution >= 4 is 5.97 Å². The van der Waals surface area contributed by atoms with Gasteiger partial charge >= 0.3 is 5.97 Å². The second-order valence-corrected chi connectivity index (χ2v) is 3.85. The minimum absolute atomic E-state index is 0.196. The number of nitrogens with one attached hydrogen (secondary N) is 1. The number of carbonyl (C=O) groups is 1. The van der Waals surface area contributed by atoms with Crippen LogP contribution in [0.5, 0.6) is 5.88 Å². The predicted octanol–water partition coefficient (Wildman–Crippen LogP) is 1.52. The molecule has 1 N–H and O–H groups in total. The molecule has 5 nitrogen and oxygen atoms in total. The Kier molecular flexibility index (Phi) is 6.79. The normalized spacial score (nSPS) is 10.1. The lowest BCUT2D eigenvalue weighted by Gasteiger charge is -2.08. The quantitative estimate of drug-likeness (QED) is 0.561. The Labute approximate surface area is 108 Å². The first-order valence-electron chi connectivity index (χ1n) is 6.12. The van der Waals surface area contributed by atoms with Gasteiger partial charge in [0.2, 0.25) is 5.88 Å². The van der Waals surface area contributed by atoms with Crippen LogP contribution in [0.4, 0.5) is 0 Å². The van der Waals surface area contributed by atoms with Crippen LogP contribution >= 0.6 is 0 Å². The zero-order valence-corrected chi connectivity index (χ0v) is 10.9. The van der Waals surface area contributed by atoms with E-state index in [-0.39, 0.29) is 12.5 Å². The minimum atomic E-state index is -0.230. The number of methoxy groups -OCH3 is 1. The van der Waals surface area contributed by atoms with Gasteiger partial charge < -0.3 is 14.8 Å². The lowest BCUT2D eigenvalue weighted by molar-refractivity contribution is -0.142. The van der Waals surface area contributed by atoms with Crippen molar-refractivity contribution in [3.05, 3.63) is 23.9 Å². The minimum Gasteiger partial charge on any atom is -0.481 e. The van der Waals surface area contributed by atoms with E-state index < -0.39 is 0 Å².